The molecule has 0 aliphatic heterocycles. The van der Waals surface area contributed by atoms with Crippen molar-refractivity contribution in [1.29, 1.82) is 0 Å². The number of carbonyl (C=O) groups excluding carboxylic acids is 1. The van der Waals surface area contributed by atoms with E-state index in [0.29, 0.717) is 23.9 Å². The number of methoxy groups -OCH3 is 1. The van der Waals surface area contributed by atoms with Gasteiger partial charge in [-0.05, 0) is 43.3 Å². The zero-order valence-corrected chi connectivity index (χ0v) is 14.6. The highest BCUT2D eigenvalue weighted by Crippen LogP contribution is 2.22. The molecule has 0 saturated carbocycles. The lowest BCUT2D eigenvalue weighted by atomic mass is 10.2. The first-order valence-electron chi connectivity index (χ1n) is 8.19. The van der Waals surface area contributed by atoms with Gasteiger partial charge in [0.1, 0.15) is 0 Å². The van der Waals surface area contributed by atoms with Gasteiger partial charge in [0.2, 0.25) is 0 Å². The summed E-state index contributed by atoms with van der Waals surface area (Å²) in [5.74, 6) is 0.703. The quantitative estimate of drug-likeness (QED) is 0.682. The van der Waals surface area contributed by atoms with Gasteiger partial charge in [-0.1, -0.05) is 18.2 Å². The maximum atomic E-state index is 11.5. The van der Waals surface area contributed by atoms with Crippen molar-refractivity contribution in [3.8, 4) is 0 Å². The first-order valence-corrected chi connectivity index (χ1v) is 8.19. The van der Waals surface area contributed by atoms with Crippen LogP contribution in [0.15, 0.2) is 60.8 Å². The number of carbonyl (C=O) groups is 1. The molecule has 0 spiro atoms. The number of ether oxygens (including phenoxy) is 1. The minimum absolute atomic E-state index is 0.371. The third-order valence-corrected chi connectivity index (χ3v) is 3.75. The van der Waals surface area contributed by atoms with Crippen LogP contribution < -0.4 is 10.2 Å². The predicted octanol–water partition coefficient (Wildman–Crippen LogP) is 3.56. The highest BCUT2D eigenvalue weighted by atomic mass is 16.5. The van der Waals surface area contributed by atoms with Crippen molar-refractivity contribution in [3.05, 3.63) is 66.4 Å². The number of hydrogen-bond donors (Lipinski definition) is 1. The molecule has 132 valence electrons. The summed E-state index contributed by atoms with van der Waals surface area (Å²) in [5, 5.41) is 11.4. The van der Waals surface area contributed by atoms with E-state index in [4.69, 9.17) is 4.74 Å². The number of benzene rings is 2. The normalized spacial score (nSPS) is 10.2. The molecule has 0 aliphatic carbocycles. The van der Waals surface area contributed by atoms with Gasteiger partial charge in [0.05, 0.1) is 18.9 Å². The van der Waals surface area contributed by atoms with Gasteiger partial charge in [-0.25, -0.2) is 4.79 Å². The van der Waals surface area contributed by atoms with Crippen molar-refractivity contribution in [2.24, 2.45) is 0 Å². The zero-order chi connectivity index (χ0) is 18.4. The Morgan fingerprint density at radius 1 is 1.12 bits per heavy atom. The summed E-state index contributed by atoms with van der Waals surface area (Å²) in [5.41, 5.74) is 2.27. The van der Waals surface area contributed by atoms with E-state index in [2.05, 4.69) is 20.5 Å². The minimum atomic E-state index is -0.371. The third-order valence-electron chi connectivity index (χ3n) is 3.75. The molecule has 26 heavy (non-hydrogen) atoms. The Balaban J connectivity index is 1.80. The van der Waals surface area contributed by atoms with E-state index in [-0.39, 0.29) is 5.97 Å². The number of nitrogens with zero attached hydrogens (tertiary/aromatic N) is 4. The Hall–Kier alpha value is -3.48. The second kappa shape index (κ2) is 8.06. The van der Waals surface area contributed by atoms with Crippen molar-refractivity contribution in [2.75, 3.05) is 23.9 Å². The maximum Gasteiger partial charge on any atom is 0.337 e. The van der Waals surface area contributed by atoms with Crippen LogP contribution in [-0.4, -0.2) is 34.8 Å². The summed E-state index contributed by atoms with van der Waals surface area (Å²) < 4.78 is 4.70. The smallest absolute Gasteiger partial charge is 0.337 e. The van der Waals surface area contributed by atoms with Crippen molar-refractivity contribution >= 4 is 29.1 Å². The first kappa shape index (κ1) is 17.3. The standard InChI is InChI=1S/C19H19N5O2/c1-3-24(16-7-5-4-6-8-16)19-22-17(13-20-23-19)21-15-11-9-14(10-12-15)18(25)26-2/h4-13H,3H2,1-2H3,(H,21,22,23). The van der Waals surface area contributed by atoms with Gasteiger partial charge in [-0.2, -0.15) is 10.1 Å². The molecule has 0 unspecified atom stereocenters. The summed E-state index contributed by atoms with van der Waals surface area (Å²) in [7, 11) is 1.36. The molecule has 7 heteroatoms. The number of nitrogens with one attached hydrogen (secondary N) is 1. The molecule has 0 amide bonds. The van der Waals surface area contributed by atoms with Gasteiger partial charge < -0.3 is 15.0 Å². The largest absolute Gasteiger partial charge is 0.465 e. The molecule has 0 bridgehead atoms. The molecule has 7 nitrogen and oxygen atoms in total. The molecule has 0 fully saturated rings. The van der Waals surface area contributed by atoms with Crippen LogP contribution in [0.2, 0.25) is 0 Å². The van der Waals surface area contributed by atoms with Crippen molar-refractivity contribution in [2.45, 2.75) is 6.92 Å². The van der Waals surface area contributed by atoms with Crippen LogP contribution in [0.4, 0.5) is 23.1 Å². The minimum Gasteiger partial charge on any atom is -0.465 e. The second-order valence-electron chi connectivity index (χ2n) is 5.42. The van der Waals surface area contributed by atoms with Crippen molar-refractivity contribution in [3.63, 3.8) is 0 Å². The Morgan fingerprint density at radius 2 is 1.85 bits per heavy atom. The number of esters is 1. The Kier molecular flexibility index (Phi) is 5.38. The first-order chi connectivity index (χ1) is 12.7. The molecule has 3 aromatic rings. The number of hydrogen-bond acceptors (Lipinski definition) is 7. The summed E-state index contributed by atoms with van der Waals surface area (Å²) >= 11 is 0. The van der Waals surface area contributed by atoms with Gasteiger partial charge in [0.15, 0.2) is 5.82 Å². The lowest BCUT2D eigenvalue weighted by Crippen LogP contribution is -2.19. The lowest BCUT2D eigenvalue weighted by Gasteiger charge is -2.20. The number of rotatable bonds is 6. The molecule has 0 saturated heterocycles. The summed E-state index contributed by atoms with van der Waals surface area (Å²) in [4.78, 5) is 18.0. The van der Waals surface area contributed by atoms with E-state index in [1.165, 1.54) is 7.11 Å². The van der Waals surface area contributed by atoms with Crippen LogP contribution in [0.1, 0.15) is 17.3 Å². The molecule has 1 N–H and O–H groups in total. The Bertz CT molecular complexity index is 869. The molecule has 0 radical (unpaired) electrons. The fourth-order valence-electron chi connectivity index (χ4n) is 2.47. The molecule has 0 aliphatic rings. The van der Waals surface area contributed by atoms with Gasteiger partial charge >= 0.3 is 5.97 Å². The van der Waals surface area contributed by atoms with E-state index in [1.54, 1.807) is 30.5 Å². The summed E-state index contributed by atoms with van der Waals surface area (Å²) in [6, 6.07) is 16.8. The number of aromatic nitrogens is 3. The Morgan fingerprint density at radius 3 is 2.50 bits per heavy atom. The molecule has 3 rings (SSSR count). The SMILES string of the molecule is CCN(c1ccccc1)c1nncc(Nc2ccc(C(=O)OC)cc2)n1. The highest BCUT2D eigenvalue weighted by molar-refractivity contribution is 5.89. The predicted molar refractivity (Wildman–Crippen MR) is 100 cm³/mol. The number of para-hydroxylation sites is 1. The van der Waals surface area contributed by atoms with Crippen LogP contribution in [0.5, 0.6) is 0 Å². The fraction of sp³-hybridized carbons (Fsp3) is 0.158. The van der Waals surface area contributed by atoms with Crippen LogP contribution in [0.3, 0.4) is 0 Å². The van der Waals surface area contributed by atoms with Gasteiger partial charge in [0, 0.05) is 17.9 Å². The zero-order valence-electron chi connectivity index (χ0n) is 14.6. The van der Waals surface area contributed by atoms with E-state index in [9.17, 15) is 4.79 Å². The van der Waals surface area contributed by atoms with Gasteiger partial charge in [0.25, 0.3) is 5.95 Å². The van der Waals surface area contributed by atoms with E-state index < -0.39 is 0 Å². The molecular formula is C19H19N5O2. The van der Waals surface area contributed by atoms with Crippen LogP contribution in [-0.2, 0) is 4.74 Å². The lowest BCUT2D eigenvalue weighted by molar-refractivity contribution is 0.0601. The average molecular weight is 349 g/mol. The van der Waals surface area contributed by atoms with E-state index in [1.807, 2.05) is 42.2 Å². The third kappa shape index (κ3) is 3.94. The molecular weight excluding hydrogens is 330 g/mol. The van der Waals surface area contributed by atoms with Crippen LogP contribution >= 0.6 is 0 Å². The van der Waals surface area contributed by atoms with Crippen LogP contribution in [0, 0.1) is 0 Å². The van der Waals surface area contributed by atoms with Gasteiger partial charge in [-0.15, -0.1) is 5.10 Å². The average Bonchev–Trinajstić information content (AvgIpc) is 2.70. The Labute approximate surface area is 151 Å². The molecule has 1 aromatic heterocycles. The second-order valence-corrected chi connectivity index (χ2v) is 5.42. The summed E-state index contributed by atoms with van der Waals surface area (Å²) in [6.07, 6.45) is 1.55. The van der Waals surface area contributed by atoms with Crippen molar-refractivity contribution < 1.29 is 9.53 Å². The number of anilines is 4. The molecule has 1 heterocycles. The van der Waals surface area contributed by atoms with E-state index >= 15 is 0 Å². The van der Waals surface area contributed by atoms with E-state index in [0.717, 1.165) is 11.4 Å². The summed E-state index contributed by atoms with van der Waals surface area (Å²) in [6.45, 7) is 2.74. The molecule has 0 atom stereocenters. The van der Waals surface area contributed by atoms with Gasteiger partial charge in [-0.3, -0.25) is 0 Å². The maximum absolute atomic E-state index is 11.5. The van der Waals surface area contributed by atoms with Crippen molar-refractivity contribution in [1.82, 2.24) is 15.2 Å². The fourth-order valence-corrected chi connectivity index (χ4v) is 2.47. The monoisotopic (exact) mass is 349 g/mol. The van der Waals surface area contributed by atoms with Crippen LogP contribution in [0.25, 0.3) is 0 Å². The molecule has 2 aromatic carbocycles. The topological polar surface area (TPSA) is 80.2 Å². The highest BCUT2D eigenvalue weighted by Gasteiger charge is 2.11.